The van der Waals surface area contributed by atoms with Gasteiger partial charge < -0.3 is 9.47 Å². The van der Waals surface area contributed by atoms with E-state index in [2.05, 4.69) is 9.71 Å². The lowest BCUT2D eigenvalue weighted by Gasteiger charge is -2.29. The molecule has 1 fully saturated rings. The van der Waals surface area contributed by atoms with Crippen molar-refractivity contribution < 1.29 is 13.2 Å². The summed E-state index contributed by atoms with van der Waals surface area (Å²) in [5.41, 5.74) is 4.76. The minimum absolute atomic E-state index is 0.0189. The molecule has 1 amide bonds. The first kappa shape index (κ1) is 27.7. The van der Waals surface area contributed by atoms with Gasteiger partial charge in [-0.3, -0.25) is 4.79 Å². The normalized spacial score (nSPS) is 19.9. The average Bonchev–Trinajstić information content (AvgIpc) is 3.65. The van der Waals surface area contributed by atoms with Crippen LogP contribution in [0.4, 0.5) is 5.69 Å². The van der Waals surface area contributed by atoms with Crippen LogP contribution in [0.1, 0.15) is 59.3 Å². The number of imidazole rings is 1. The molecular formula is C32H33ClN4O3S. The molecule has 0 saturated heterocycles. The van der Waals surface area contributed by atoms with Crippen LogP contribution in [0.15, 0.2) is 84.0 Å². The molecule has 7 nitrogen and oxygen atoms in total. The van der Waals surface area contributed by atoms with Crippen LogP contribution in [0.2, 0.25) is 5.02 Å². The number of rotatable bonds is 8. The molecule has 1 aromatic heterocycles. The van der Waals surface area contributed by atoms with Gasteiger partial charge in [-0.2, -0.15) is 0 Å². The number of amides is 1. The molecule has 0 aliphatic heterocycles. The van der Waals surface area contributed by atoms with Crippen LogP contribution in [0.25, 0.3) is 0 Å². The highest BCUT2D eigenvalue weighted by Gasteiger charge is 2.47. The van der Waals surface area contributed by atoms with Gasteiger partial charge >= 0.3 is 0 Å². The molecule has 1 N–H and O–H groups in total. The molecule has 41 heavy (non-hydrogen) atoms. The third-order valence-corrected chi connectivity index (χ3v) is 10.1. The second kappa shape index (κ2) is 11.1. The number of hydrogen-bond donors (Lipinski definition) is 1. The molecule has 9 heteroatoms. The molecule has 2 aliphatic carbocycles. The summed E-state index contributed by atoms with van der Waals surface area (Å²) in [6.45, 7) is 2.24. The summed E-state index contributed by atoms with van der Waals surface area (Å²) in [5, 5.41) is 0.681. The molecule has 1 saturated carbocycles. The van der Waals surface area contributed by atoms with Crippen molar-refractivity contribution in [3.05, 3.63) is 112 Å². The largest absolute Gasteiger partial charge is 0.337 e. The predicted molar refractivity (Wildman–Crippen MR) is 160 cm³/mol. The second-order valence-corrected chi connectivity index (χ2v) is 13.2. The van der Waals surface area contributed by atoms with Crippen LogP contribution in [0.3, 0.4) is 0 Å². The van der Waals surface area contributed by atoms with E-state index in [1.54, 1.807) is 35.4 Å². The maximum absolute atomic E-state index is 14.1. The van der Waals surface area contributed by atoms with Gasteiger partial charge in [-0.15, -0.1) is 0 Å². The van der Waals surface area contributed by atoms with Crippen LogP contribution in [0, 0.1) is 12.8 Å². The van der Waals surface area contributed by atoms with E-state index in [-0.39, 0.29) is 28.7 Å². The van der Waals surface area contributed by atoms with Crippen molar-refractivity contribution in [2.75, 3.05) is 4.90 Å². The summed E-state index contributed by atoms with van der Waals surface area (Å²) in [6.07, 6.45) is 6.76. The Kier molecular flexibility index (Phi) is 7.49. The molecule has 0 spiro atoms. The average molecular weight is 589 g/mol. The fraction of sp³-hybridized carbons (Fsp3) is 0.312. The molecule has 3 atom stereocenters. The molecule has 0 bridgehead atoms. The SMILES string of the molecule is Cc1ccc(S(=O)(=O)N[C@@H]2CCCc3ccc(N(Cc4nccn4C)C(=O)[C@H]4C[C@@H]4c4ccccc4Cl)cc32)cc1. The topological polar surface area (TPSA) is 84.3 Å². The Balaban J connectivity index is 1.32. The number of aryl methyl sites for hydroxylation is 3. The van der Waals surface area contributed by atoms with Crippen molar-refractivity contribution in [2.24, 2.45) is 13.0 Å². The predicted octanol–water partition coefficient (Wildman–Crippen LogP) is 6.07. The highest BCUT2D eigenvalue weighted by molar-refractivity contribution is 7.89. The van der Waals surface area contributed by atoms with Crippen LogP contribution in [-0.4, -0.2) is 23.9 Å². The number of hydrogen-bond acceptors (Lipinski definition) is 4. The van der Waals surface area contributed by atoms with Crippen molar-refractivity contribution in [3.8, 4) is 0 Å². The summed E-state index contributed by atoms with van der Waals surface area (Å²) in [6, 6.07) is 20.2. The number of nitrogens with zero attached hydrogens (tertiary/aromatic N) is 3. The molecule has 0 radical (unpaired) electrons. The van der Waals surface area contributed by atoms with Gasteiger partial charge in [0.25, 0.3) is 0 Å². The van der Waals surface area contributed by atoms with Crippen molar-refractivity contribution in [3.63, 3.8) is 0 Å². The molecule has 212 valence electrons. The molecule has 6 rings (SSSR count). The molecule has 0 unspecified atom stereocenters. The minimum Gasteiger partial charge on any atom is -0.337 e. The van der Waals surface area contributed by atoms with Crippen molar-refractivity contribution in [1.29, 1.82) is 0 Å². The lowest BCUT2D eigenvalue weighted by molar-refractivity contribution is -0.120. The van der Waals surface area contributed by atoms with Gasteiger partial charge in [0.2, 0.25) is 15.9 Å². The first-order valence-electron chi connectivity index (χ1n) is 13.9. The van der Waals surface area contributed by atoms with E-state index in [1.165, 1.54) is 0 Å². The lowest BCUT2D eigenvalue weighted by Crippen LogP contribution is -2.34. The number of sulfonamides is 1. The van der Waals surface area contributed by atoms with E-state index >= 15 is 0 Å². The quantitative estimate of drug-likeness (QED) is 0.271. The third kappa shape index (κ3) is 5.69. The summed E-state index contributed by atoms with van der Waals surface area (Å²) < 4.78 is 31.4. The fourth-order valence-electron chi connectivity index (χ4n) is 5.82. The summed E-state index contributed by atoms with van der Waals surface area (Å²) >= 11 is 6.47. The number of carbonyl (C=O) groups is 1. The van der Waals surface area contributed by atoms with Gasteiger partial charge in [-0.05, 0) is 85.5 Å². The van der Waals surface area contributed by atoms with Gasteiger partial charge in [-0.1, -0.05) is 53.6 Å². The lowest BCUT2D eigenvalue weighted by atomic mass is 9.87. The zero-order valence-corrected chi connectivity index (χ0v) is 24.7. The summed E-state index contributed by atoms with van der Waals surface area (Å²) in [4.78, 5) is 20.6. The number of benzene rings is 3. The molecular weight excluding hydrogens is 556 g/mol. The number of anilines is 1. The maximum Gasteiger partial charge on any atom is 0.241 e. The van der Waals surface area contributed by atoms with Gasteiger partial charge in [0, 0.05) is 42.1 Å². The second-order valence-electron chi connectivity index (χ2n) is 11.1. The van der Waals surface area contributed by atoms with E-state index < -0.39 is 10.0 Å². The number of carbonyl (C=O) groups excluding carboxylic acids is 1. The highest BCUT2D eigenvalue weighted by atomic mass is 35.5. The van der Waals surface area contributed by atoms with Gasteiger partial charge in [0.1, 0.15) is 5.82 Å². The van der Waals surface area contributed by atoms with Crippen molar-refractivity contribution >= 4 is 33.2 Å². The Morgan fingerprint density at radius 2 is 1.88 bits per heavy atom. The van der Waals surface area contributed by atoms with Crippen molar-refractivity contribution in [2.45, 2.75) is 56.0 Å². The van der Waals surface area contributed by atoms with E-state index in [1.807, 2.05) is 67.2 Å². The first-order chi connectivity index (χ1) is 19.7. The fourth-order valence-corrected chi connectivity index (χ4v) is 7.35. The van der Waals surface area contributed by atoms with Gasteiger partial charge in [0.05, 0.1) is 11.4 Å². The molecule has 3 aromatic carbocycles. The molecule has 1 heterocycles. The van der Waals surface area contributed by atoms with Crippen LogP contribution in [0.5, 0.6) is 0 Å². The monoisotopic (exact) mass is 588 g/mol. The van der Waals surface area contributed by atoms with E-state index in [9.17, 15) is 13.2 Å². The van der Waals surface area contributed by atoms with E-state index in [4.69, 9.17) is 11.6 Å². The zero-order valence-electron chi connectivity index (χ0n) is 23.1. The third-order valence-electron chi connectivity index (χ3n) is 8.28. The first-order valence-corrected chi connectivity index (χ1v) is 15.8. The van der Waals surface area contributed by atoms with Gasteiger partial charge in [0.15, 0.2) is 0 Å². The van der Waals surface area contributed by atoms with Crippen LogP contribution >= 0.6 is 11.6 Å². The number of halogens is 1. The highest BCUT2D eigenvalue weighted by Crippen LogP contribution is 2.51. The number of aromatic nitrogens is 2. The summed E-state index contributed by atoms with van der Waals surface area (Å²) in [5.74, 6) is 0.682. The zero-order chi connectivity index (χ0) is 28.7. The Bertz CT molecular complexity index is 1700. The van der Waals surface area contributed by atoms with E-state index in [0.29, 0.717) is 18.0 Å². The summed E-state index contributed by atoms with van der Waals surface area (Å²) in [7, 11) is -1.80. The minimum atomic E-state index is -3.72. The molecule has 4 aromatic rings. The Hall–Kier alpha value is -3.46. The van der Waals surface area contributed by atoms with E-state index in [0.717, 1.165) is 53.0 Å². The van der Waals surface area contributed by atoms with Crippen LogP contribution in [-0.2, 0) is 34.8 Å². The number of fused-ring (bicyclic) bond motifs is 1. The van der Waals surface area contributed by atoms with Crippen LogP contribution < -0.4 is 9.62 Å². The maximum atomic E-state index is 14.1. The number of nitrogens with one attached hydrogen (secondary N) is 1. The molecule has 2 aliphatic rings. The smallest absolute Gasteiger partial charge is 0.241 e. The van der Waals surface area contributed by atoms with Gasteiger partial charge in [-0.25, -0.2) is 18.1 Å². The standard InChI is InChI=1S/C32H33ClN4O3S/c1-21-10-14-24(15-11-21)41(39,40)35-30-9-5-6-22-12-13-23(18-26(22)30)37(20-31-34-16-17-36(31)2)32(38)28-19-27(28)25-7-3-4-8-29(25)33/h3-4,7-8,10-18,27-28,30,35H,5-6,9,19-20H2,1-2H3/t27-,28+,30-/m1/s1. The van der Waals surface area contributed by atoms with Crippen molar-refractivity contribution in [1.82, 2.24) is 14.3 Å². The Morgan fingerprint density at radius 1 is 1.10 bits per heavy atom. The Labute approximate surface area is 246 Å². The Morgan fingerprint density at radius 3 is 2.61 bits per heavy atom.